The fourth-order valence-electron chi connectivity index (χ4n) is 2.71. The van der Waals surface area contributed by atoms with Crippen LogP contribution in [0.1, 0.15) is 31.2 Å². The fraction of sp³-hybridized carbons (Fsp3) is 0.588. The zero-order valence-electron chi connectivity index (χ0n) is 12.5. The molecule has 0 bridgehead atoms. The van der Waals surface area contributed by atoms with Gasteiger partial charge in [-0.3, -0.25) is 4.79 Å². The molecule has 0 unspecified atom stereocenters. The number of carbonyl (C=O) groups is 1. The van der Waals surface area contributed by atoms with Crippen molar-refractivity contribution in [2.24, 2.45) is 5.92 Å². The zero-order chi connectivity index (χ0) is 14.2. The Balaban J connectivity index is 1.56. The third kappa shape index (κ3) is 5.33. The molecule has 1 N–H and O–H groups in total. The minimum absolute atomic E-state index is 0.208. The SMILES string of the molecule is CN1CCC(CNC(=O)CCCc2ccccc2)CC1. The van der Waals surface area contributed by atoms with E-state index in [1.807, 2.05) is 6.07 Å². The lowest BCUT2D eigenvalue weighted by atomic mass is 9.97. The van der Waals surface area contributed by atoms with Crippen LogP contribution in [0.2, 0.25) is 0 Å². The van der Waals surface area contributed by atoms with Crippen molar-refractivity contribution in [2.45, 2.75) is 32.1 Å². The monoisotopic (exact) mass is 274 g/mol. The van der Waals surface area contributed by atoms with Crippen molar-refractivity contribution < 1.29 is 4.79 Å². The molecule has 1 amide bonds. The number of nitrogens with zero attached hydrogens (tertiary/aromatic N) is 1. The second-order valence-electron chi connectivity index (χ2n) is 5.89. The molecule has 20 heavy (non-hydrogen) atoms. The van der Waals surface area contributed by atoms with Gasteiger partial charge in [-0.2, -0.15) is 0 Å². The summed E-state index contributed by atoms with van der Waals surface area (Å²) in [7, 11) is 2.17. The minimum atomic E-state index is 0.208. The van der Waals surface area contributed by atoms with Crippen LogP contribution in [0.15, 0.2) is 30.3 Å². The largest absolute Gasteiger partial charge is 0.356 e. The van der Waals surface area contributed by atoms with E-state index in [0.29, 0.717) is 12.3 Å². The average Bonchev–Trinajstić information content (AvgIpc) is 2.48. The number of likely N-dealkylation sites (tertiary alicyclic amines) is 1. The smallest absolute Gasteiger partial charge is 0.220 e. The highest BCUT2D eigenvalue weighted by Gasteiger charge is 2.16. The van der Waals surface area contributed by atoms with E-state index in [1.165, 1.54) is 18.4 Å². The summed E-state index contributed by atoms with van der Waals surface area (Å²) in [5.74, 6) is 0.879. The maximum absolute atomic E-state index is 11.8. The summed E-state index contributed by atoms with van der Waals surface area (Å²) >= 11 is 0. The number of hydrogen-bond acceptors (Lipinski definition) is 2. The molecule has 0 aromatic heterocycles. The normalized spacial score (nSPS) is 17.1. The second kappa shape index (κ2) is 8.05. The molecule has 0 saturated carbocycles. The molecular weight excluding hydrogens is 248 g/mol. The topological polar surface area (TPSA) is 32.3 Å². The standard InChI is InChI=1S/C17H26N2O/c1-19-12-10-16(11-13-19)14-18-17(20)9-5-8-15-6-3-2-4-7-15/h2-4,6-7,16H,5,8-14H2,1H3,(H,18,20). The van der Waals surface area contributed by atoms with E-state index in [0.717, 1.165) is 32.5 Å². The van der Waals surface area contributed by atoms with Gasteiger partial charge in [0.1, 0.15) is 0 Å². The molecular formula is C17H26N2O. The van der Waals surface area contributed by atoms with Crippen molar-refractivity contribution in [3.05, 3.63) is 35.9 Å². The van der Waals surface area contributed by atoms with Gasteiger partial charge >= 0.3 is 0 Å². The quantitative estimate of drug-likeness (QED) is 0.864. The van der Waals surface area contributed by atoms with Crippen molar-refractivity contribution in [2.75, 3.05) is 26.7 Å². The van der Waals surface area contributed by atoms with Crippen LogP contribution >= 0.6 is 0 Å². The minimum Gasteiger partial charge on any atom is -0.356 e. The Hall–Kier alpha value is -1.35. The summed E-state index contributed by atoms with van der Waals surface area (Å²) in [6.07, 6.45) is 4.98. The van der Waals surface area contributed by atoms with Crippen molar-refractivity contribution in [3.63, 3.8) is 0 Å². The summed E-state index contributed by atoms with van der Waals surface area (Å²) in [4.78, 5) is 14.2. The van der Waals surface area contributed by atoms with E-state index < -0.39 is 0 Å². The molecule has 0 aliphatic carbocycles. The first kappa shape index (κ1) is 15.0. The first-order valence-electron chi connectivity index (χ1n) is 7.73. The van der Waals surface area contributed by atoms with Crippen LogP contribution in [0.25, 0.3) is 0 Å². The summed E-state index contributed by atoms with van der Waals surface area (Å²) in [6, 6.07) is 10.4. The van der Waals surface area contributed by atoms with Crippen LogP contribution in [0.4, 0.5) is 0 Å². The van der Waals surface area contributed by atoms with Gasteiger partial charge in [-0.05, 0) is 57.3 Å². The maximum Gasteiger partial charge on any atom is 0.220 e. The summed E-state index contributed by atoms with van der Waals surface area (Å²) < 4.78 is 0. The zero-order valence-corrected chi connectivity index (χ0v) is 12.5. The fourth-order valence-corrected chi connectivity index (χ4v) is 2.71. The molecule has 1 fully saturated rings. The van der Waals surface area contributed by atoms with Gasteiger partial charge in [0.2, 0.25) is 5.91 Å². The van der Waals surface area contributed by atoms with Crippen molar-refractivity contribution in [1.29, 1.82) is 0 Å². The van der Waals surface area contributed by atoms with E-state index in [2.05, 4.69) is 41.5 Å². The molecule has 0 radical (unpaired) electrons. The average molecular weight is 274 g/mol. The number of carbonyl (C=O) groups excluding carboxylic acids is 1. The Morgan fingerprint density at radius 2 is 1.95 bits per heavy atom. The number of hydrogen-bond donors (Lipinski definition) is 1. The van der Waals surface area contributed by atoms with Gasteiger partial charge in [0.25, 0.3) is 0 Å². The number of piperidine rings is 1. The summed E-state index contributed by atoms with van der Waals surface area (Å²) in [5.41, 5.74) is 1.32. The first-order valence-corrected chi connectivity index (χ1v) is 7.73. The van der Waals surface area contributed by atoms with Gasteiger partial charge in [-0.25, -0.2) is 0 Å². The number of rotatable bonds is 6. The lowest BCUT2D eigenvalue weighted by Crippen LogP contribution is -2.36. The molecule has 1 aromatic rings. The summed E-state index contributed by atoms with van der Waals surface area (Å²) in [6.45, 7) is 3.18. The lowest BCUT2D eigenvalue weighted by molar-refractivity contribution is -0.121. The number of aryl methyl sites for hydroxylation is 1. The third-order valence-corrected chi connectivity index (χ3v) is 4.14. The van der Waals surface area contributed by atoms with E-state index >= 15 is 0 Å². The van der Waals surface area contributed by atoms with Crippen LogP contribution in [-0.2, 0) is 11.2 Å². The Morgan fingerprint density at radius 1 is 1.25 bits per heavy atom. The van der Waals surface area contributed by atoms with E-state index in [9.17, 15) is 4.79 Å². The lowest BCUT2D eigenvalue weighted by Gasteiger charge is -2.28. The molecule has 2 rings (SSSR count). The van der Waals surface area contributed by atoms with Crippen LogP contribution in [0.5, 0.6) is 0 Å². The molecule has 3 heteroatoms. The number of amides is 1. The van der Waals surface area contributed by atoms with Crippen molar-refractivity contribution in [1.82, 2.24) is 10.2 Å². The van der Waals surface area contributed by atoms with Gasteiger partial charge < -0.3 is 10.2 Å². The predicted octanol–water partition coefficient (Wildman–Crippen LogP) is 2.47. The van der Waals surface area contributed by atoms with Crippen molar-refractivity contribution >= 4 is 5.91 Å². The molecule has 1 aliphatic heterocycles. The Morgan fingerprint density at radius 3 is 2.65 bits per heavy atom. The predicted molar refractivity (Wildman–Crippen MR) is 82.6 cm³/mol. The Kier molecular flexibility index (Phi) is 6.06. The number of benzene rings is 1. The molecule has 3 nitrogen and oxygen atoms in total. The van der Waals surface area contributed by atoms with E-state index in [-0.39, 0.29) is 5.91 Å². The maximum atomic E-state index is 11.8. The molecule has 1 saturated heterocycles. The van der Waals surface area contributed by atoms with Crippen LogP contribution in [0, 0.1) is 5.92 Å². The van der Waals surface area contributed by atoms with Gasteiger partial charge in [0.05, 0.1) is 0 Å². The van der Waals surface area contributed by atoms with Crippen LogP contribution in [0.3, 0.4) is 0 Å². The van der Waals surface area contributed by atoms with E-state index in [1.54, 1.807) is 0 Å². The van der Waals surface area contributed by atoms with E-state index in [4.69, 9.17) is 0 Å². The van der Waals surface area contributed by atoms with Gasteiger partial charge in [-0.15, -0.1) is 0 Å². The Labute approximate surface area is 122 Å². The molecule has 1 aromatic carbocycles. The second-order valence-corrected chi connectivity index (χ2v) is 5.89. The van der Waals surface area contributed by atoms with Crippen molar-refractivity contribution in [3.8, 4) is 0 Å². The molecule has 1 heterocycles. The molecule has 110 valence electrons. The number of nitrogens with one attached hydrogen (secondary N) is 1. The highest BCUT2D eigenvalue weighted by Crippen LogP contribution is 2.14. The third-order valence-electron chi connectivity index (χ3n) is 4.14. The van der Waals surface area contributed by atoms with Gasteiger partial charge in [0, 0.05) is 13.0 Å². The van der Waals surface area contributed by atoms with Crippen LogP contribution < -0.4 is 5.32 Å². The molecule has 0 spiro atoms. The molecule has 1 aliphatic rings. The highest BCUT2D eigenvalue weighted by atomic mass is 16.1. The highest BCUT2D eigenvalue weighted by molar-refractivity contribution is 5.75. The summed E-state index contributed by atoms with van der Waals surface area (Å²) in [5, 5.41) is 3.10. The van der Waals surface area contributed by atoms with Gasteiger partial charge in [0.15, 0.2) is 0 Å². The Bertz CT molecular complexity index is 397. The van der Waals surface area contributed by atoms with Gasteiger partial charge in [-0.1, -0.05) is 30.3 Å². The van der Waals surface area contributed by atoms with Crippen LogP contribution in [-0.4, -0.2) is 37.5 Å². The molecule has 0 atom stereocenters. The first-order chi connectivity index (χ1) is 9.74.